The standard InChI is InChI=1S/C12H17NO2.ClH/c1-8(2)10-6-9(11(14)7-13)4-5-12(10)15-3;/h4-6,8H,7,13H2,1-3H3;1H. The van der Waals surface area contributed by atoms with Gasteiger partial charge >= 0.3 is 0 Å². The predicted octanol–water partition coefficient (Wildman–Crippen LogP) is 2.38. The largest absolute Gasteiger partial charge is 0.496 e. The zero-order chi connectivity index (χ0) is 11.4. The first-order valence-electron chi connectivity index (χ1n) is 5.01. The highest BCUT2D eigenvalue weighted by Gasteiger charge is 2.11. The minimum Gasteiger partial charge on any atom is -0.496 e. The number of hydrogen-bond donors (Lipinski definition) is 1. The monoisotopic (exact) mass is 243 g/mol. The summed E-state index contributed by atoms with van der Waals surface area (Å²) in [6.07, 6.45) is 0. The van der Waals surface area contributed by atoms with Crippen molar-refractivity contribution in [2.75, 3.05) is 13.7 Å². The SMILES string of the molecule is COc1ccc(C(=O)CN)cc1C(C)C.Cl. The van der Waals surface area contributed by atoms with Crippen molar-refractivity contribution < 1.29 is 9.53 Å². The van der Waals surface area contributed by atoms with Crippen LogP contribution in [0.4, 0.5) is 0 Å². The molecule has 0 spiro atoms. The Labute approximate surface area is 102 Å². The summed E-state index contributed by atoms with van der Waals surface area (Å²) in [6, 6.07) is 5.43. The fourth-order valence-corrected chi connectivity index (χ4v) is 1.48. The van der Waals surface area contributed by atoms with Crippen molar-refractivity contribution in [3.05, 3.63) is 29.3 Å². The molecule has 2 N–H and O–H groups in total. The van der Waals surface area contributed by atoms with Crippen LogP contribution in [0.25, 0.3) is 0 Å². The molecule has 4 heteroatoms. The number of methoxy groups -OCH3 is 1. The van der Waals surface area contributed by atoms with Gasteiger partial charge in [-0.1, -0.05) is 13.8 Å². The van der Waals surface area contributed by atoms with Crippen LogP contribution in [0.2, 0.25) is 0 Å². The lowest BCUT2D eigenvalue weighted by molar-refractivity contribution is 0.100. The molecule has 0 amide bonds. The maximum Gasteiger partial charge on any atom is 0.176 e. The number of hydrogen-bond acceptors (Lipinski definition) is 3. The molecule has 90 valence electrons. The van der Waals surface area contributed by atoms with Gasteiger partial charge in [-0.3, -0.25) is 4.79 Å². The Morgan fingerprint density at radius 3 is 2.50 bits per heavy atom. The first-order valence-corrected chi connectivity index (χ1v) is 5.01. The molecule has 0 heterocycles. The van der Waals surface area contributed by atoms with Crippen LogP contribution in [0.3, 0.4) is 0 Å². The van der Waals surface area contributed by atoms with Crippen molar-refractivity contribution in [2.45, 2.75) is 19.8 Å². The summed E-state index contributed by atoms with van der Waals surface area (Å²) in [5.41, 5.74) is 7.01. The van der Waals surface area contributed by atoms with E-state index < -0.39 is 0 Å². The van der Waals surface area contributed by atoms with E-state index in [1.807, 2.05) is 12.1 Å². The lowest BCUT2D eigenvalue weighted by atomic mass is 9.98. The lowest BCUT2D eigenvalue weighted by Crippen LogP contribution is -2.14. The van der Waals surface area contributed by atoms with Crippen LogP contribution >= 0.6 is 12.4 Å². The van der Waals surface area contributed by atoms with E-state index in [9.17, 15) is 4.79 Å². The van der Waals surface area contributed by atoms with Crippen molar-refractivity contribution in [1.29, 1.82) is 0 Å². The Morgan fingerprint density at radius 1 is 1.44 bits per heavy atom. The summed E-state index contributed by atoms with van der Waals surface area (Å²) >= 11 is 0. The molecule has 16 heavy (non-hydrogen) atoms. The number of nitrogens with two attached hydrogens (primary N) is 1. The highest BCUT2D eigenvalue weighted by molar-refractivity contribution is 5.97. The van der Waals surface area contributed by atoms with E-state index in [-0.39, 0.29) is 24.7 Å². The molecule has 0 fully saturated rings. The second-order valence-corrected chi connectivity index (χ2v) is 3.74. The molecule has 3 nitrogen and oxygen atoms in total. The van der Waals surface area contributed by atoms with Crippen molar-refractivity contribution in [3.8, 4) is 5.75 Å². The quantitative estimate of drug-likeness (QED) is 0.827. The van der Waals surface area contributed by atoms with E-state index in [0.29, 0.717) is 11.5 Å². The summed E-state index contributed by atoms with van der Waals surface area (Å²) in [4.78, 5) is 11.4. The van der Waals surface area contributed by atoms with Gasteiger partial charge in [0, 0.05) is 5.56 Å². The summed E-state index contributed by atoms with van der Waals surface area (Å²) in [5, 5.41) is 0. The molecule has 1 aromatic carbocycles. The van der Waals surface area contributed by atoms with Crippen LogP contribution in [0, 0.1) is 0 Å². The number of rotatable bonds is 4. The molecule has 0 aliphatic carbocycles. The van der Waals surface area contributed by atoms with Gasteiger partial charge in [-0.15, -0.1) is 12.4 Å². The Morgan fingerprint density at radius 2 is 2.06 bits per heavy atom. The summed E-state index contributed by atoms with van der Waals surface area (Å²) in [6.45, 7) is 4.17. The molecular formula is C12H18ClNO2. The lowest BCUT2D eigenvalue weighted by Gasteiger charge is -2.12. The molecule has 0 saturated heterocycles. The van der Waals surface area contributed by atoms with Gasteiger partial charge in [0.05, 0.1) is 13.7 Å². The molecular weight excluding hydrogens is 226 g/mol. The van der Waals surface area contributed by atoms with Gasteiger partial charge in [0.15, 0.2) is 5.78 Å². The van der Waals surface area contributed by atoms with Crippen molar-refractivity contribution in [3.63, 3.8) is 0 Å². The van der Waals surface area contributed by atoms with Crippen LogP contribution in [-0.2, 0) is 0 Å². The summed E-state index contributed by atoms with van der Waals surface area (Å²) in [5.74, 6) is 1.10. The van der Waals surface area contributed by atoms with Gasteiger partial charge < -0.3 is 10.5 Å². The molecule has 0 aromatic heterocycles. The maximum absolute atomic E-state index is 11.4. The van der Waals surface area contributed by atoms with Crippen LogP contribution in [-0.4, -0.2) is 19.4 Å². The Bertz CT molecular complexity index is 364. The highest BCUT2D eigenvalue weighted by atomic mass is 35.5. The van der Waals surface area contributed by atoms with E-state index in [1.165, 1.54) is 0 Å². The van der Waals surface area contributed by atoms with Crippen LogP contribution < -0.4 is 10.5 Å². The number of Topliss-reactive ketones (excluding diaryl/α,β-unsaturated/α-hetero) is 1. The minimum atomic E-state index is -0.0421. The Kier molecular flexibility index (Phi) is 6.08. The zero-order valence-electron chi connectivity index (χ0n) is 9.82. The Balaban J connectivity index is 0.00000225. The van der Waals surface area contributed by atoms with E-state index in [4.69, 9.17) is 10.5 Å². The summed E-state index contributed by atoms with van der Waals surface area (Å²) < 4.78 is 5.23. The van der Waals surface area contributed by atoms with E-state index in [1.54, 1.807) is 13.2 Å². The highest BCUT2D eigenvalue weighted by Crippen LogP contribution is 2.27. The van der Waals surface area contributed by atoms with Crippen molar-refractivity contribution in [2.24, 2.45) is 5.73 Å². The number of ether oxygens (including phenoxy) is 1. The number of halogens is 1. The van der Waals surface area contributed by atoms with Gasteiger partial charge in [-0.05, 0) is 29.7 Å². The first-order chi connectivity index (χ1) is 7.10. The average molecular weight is 244 g/mol. The molecule has 1 rings (SSSR count). The predicted molar refractivity (Wildman–Crippen MR) is 67.7 cm³/mol. The molecule has 0 saturated carbocycles. The second kappa shape index (κ2) is 6.51. The minimum absolute atomic E-state index is 0. The fraction of sp³-hybridized carbons (Fsp3) is 0.417. The third-order valence-corrected chi connectivity index (χ3v) is 2.36. The molecule has 0 aliphatic heterocycles. The normalized spacial score (nSPS) is 9.81. The maximum atomic E-state index is 11.4. The third kappa shape index (κ3) is 3.22. The molecule has 0 unspecified atom stereocenters. The number of benzene rings is 1. The molecule has 0 atom stereocenters. The summed E-state index contributed by atoms with van der Waals surface area (Å²) in [7, 11) is 1.63. The van der Waals surface area contributed by atoms with E-state index in [0.717, 1.165) is 11.3 Å². The zero-order valence-corrected chi connectivity index (χ0v) is 10.6. The fourth-order valence-electron chi connectivity index (χ4n) is 1.48. The van der Waals surface area contributed by atoms with E-state index in [2.05, 4.69) is 13.8 Å². The molecule has 0 aliphatic rings. The molecule has 0 bridgehead atoms. The van der Waals surface area contributed by atoms with Crippen molar-refractivity contribution >= 4 is 18.2 Å². The smallest absolute Gasteiger partial charge is 0.176 e. The number of carbonyl (C=O) groups is 1. The Hall–Kier alpha value is -1.06. The number of carbonyl (C=O) groups excluding carboxylic acids is 1. The van der Waals surface area contributed by atoms with Crippen LogP contribution in [0.15, 0.2) is 18.2 Å². The van der Waals surface area contributed by atoms with Gasteiger partial charge in [0.1, 0.15) is 5.75 Å². The molecule has 0 radical (unpaired) electrons. The number of ketones is 1. The van der Waals surface area contributed by atoms with Gasteiger partial charge in [0.25, 0.3) is 0 Å². The average Bonchev–Trinajstić information content (AvgIpc) is 2.27. The van der Waals surface area contributed by atoms with Crippen molar-refractivity contribution in [1.82, 2.24) is 0 Å². The van der Waals surface area contributed by atoms with Gasteiger partial charge in [-0.2, -0.15) is 0 Å². The van der Waals surface area contributed by atoms with Crippen LogP contribution in [0.1, 0.15) is 35.7 Å². The van der Waals surface area contributed by atoms with Gasteiger partial charge in [0.2, 0.25) is 0 Å². The van der Waals surface area contributed by atoms with Crippen LogP contribution in [0.5, 0.6) is 5.75 Å². The molecule has 1 aromatic rings. The second-order valence-electron chi connectivity index (χ2n) is 3.74. The van der Waals surface area contributed by atoms with E-state index >= 15 is 0 Å². The topological polar surface area (TPSA) is 52.3 Å². The first kappa shape index (κ1) is 14.9. The third-order valence-electron chi connectivity index (χ3n) is 2.36. The van der Waals surface area contributed by atoms with Gasteiger partial charge in [-0.25, -0.2) is 0 Å².